The van der Waals surface area contributed by atoms with Crippen molar-refractivity contribution in [3.05, 3.63) is 45.6 Å². The lowest BCUT2D eigenvalue weighted by Gasteiger charge is -2.16. The van der Waals surface area contributed by atoms with Gasteiger partial charge < -0.3 is 5.32 Å². The molecular formula is C17H22ClN5O2. The normalized spacial score (nSPS) is 14.2. The van der Waals surface area contributed by atoms with Crippen molar-refractivity contribution in [2.45, 2.75) is 38.9 Å². The predicted molar refractivity (Wildman–Crippen MR) is 96.8 cm³/mol. The number of halogens is 1. The molecule has 8 heteroatoms. The van der Waals surface area contributed by atoms with Crippen LogP contribution >= 0.6 is 11.6 Å². The Morgan fingerprint density at radius 3 is 2.92 bits per heavy atom. The first-order chi connectivity index (χ1) is 12.0. The highest BCUT2D eigenvalue weighted by Gasteiger charge is 2.17. The van der Waals surface area contributed by atoms with Crippen molar-refractivity contribution in [1.29, 1.82) is 0 Å². The molecule has 1 aliphatic rings. The van der Waals surface area contributed by atoms with Crippen molar-refractivity contribution in [3.8, 4) is 0 Å². The fraction of sp³-hybridized carbons (Fsp3) is 0.471. The van der Waals surface area contributed by atoms with Crippen LogP contribution in [-0.2, 0) is 24.4 Å². The highest BCUT2D eigenvalue weighted by molar-refractivity contribution is 6.33. The first-order valence-electron chi connectivity index (χ1n) is 8.44. The Kier molecular flexibility index (Phi) is 5.55. The summed E-state index contributed by atoms with van der Waals surface area (Å²) in [5, 5.41) is 7.69. The zero-order valence-electron chi connectivity index (χ0n) is 14.2. The minimum absolute atomic E-state index is 0.102. The monoisotopic (exact) mass is 363 g/mol. The Hall–Kier alpha value is -2.12. The van der Waals surface area contributed by atoms with Gasteiger partial charge in [-0.3, -0.25) is 14.3 Å². The number of benzene rings is 1. The fourth-order valence-electron chi connectivity index (χ4n) is 2.99. The molecule has 134 valence electrons. The second-order valence-corrected chi connectivity index (χ2v) is 6.75. The van der Waals surface area contributed by atoms with Gasteiger partial charge in [0, 0.05) is 13.0 Å². The Morgan fingerprint density at radius 1 is 1.32 bits per heavy atom. The standard InChI is InChI=1S/C17H22ClN5O2/c1-21(11-16(24)19-14-8-5-4-7-13(14)18)12-23-17(25)22-10-6-2-3-9-15(22)20-23/h4-5,7-8H,2-3,6,9-12H2,1H3,(H,19,24). The first-order valence-corrected chi connectivity index (χ1v) is 8.82. The van der Waals surface area contributed by atoms with E-state index in [-0.39, 0.29) is 24.8 Å². The maximum Gasteiger partial charge on any atom is 0.347 e. The smallest absolute Gasteiger partial charge is 0.324 e. The molecule has 2 heterocycles. The number of hydrogen-bond acceptors (Lipinski definition) is 4. The summed E-state index contributed by atoms with van der Waals surface area (Å²) in [5.41, 5.74) is 0.476. The lowest BCUT2D eigenvalue weighted by Crippen LogP contribution is -2.36. The van der Waals surface area contributed by atoms with Crippen LogP contribution in [0.4, 0.5) is 5.69 Å². The molecule has 0 saturated heterocycles. The van der Waals surface area contributed by atoms with E-state index in [0.29, 0.717) is 10.7 Å². The molecule has 0 aliphatic carbocycles. The molecule has 3 rings (SSSR count). The number of nitrogens with zero attached hydrogens (tertiary/aromatic N) is 4. The summed E-state index contributed by atoms with van der Waals surface area (Å²) in [6.45, 7) is 1.14. The molecule has 1 N–H and O–H groups in total. The Bertz CT molecular complexity index is 814. The van der Waals surface area contributed by atoms with E-state index in [9.17, 15) is 9.59 Å². The van der Waals surface area contributed by atoms with E-state index in [0.717, 1.165) is 38.1 Å². The maximum absolute atomic E-state index is 12.4. The van der Waals surface area contributed by atoms with Crippen molar-refractivity contribution in [1.82, 2.24) is 19.2 Å². The minimum atomic E-state index is -0.190. The molecule has 7 nitrogen and oxygen atoms in total. The Balaban J connectivity index is 1.61. The summed E-state index contributed by atoms with van der Waals surface area (Å²) in [7, 11) is 1.78. The van der Waals surface area contributed by atoms with Crippen LogP contribution in [0, 0.1) is 0 Å². The number of carbonyl (C=O) groups is 1. The largest absolute Gasteiger partial charge is 0.347 e. The SMILES string of the molecule is CN(CC(=O)Nc1ccccc1Cl)Cn1nc2n(c1=O)CCCCC2. The van der Waals surface area contributed by atoms with E-state index < -0.39 is 0 Å². The second-order valence-electron chi connectivity index (χ2n) is 6.34. The average Bonchev–Trinajstić information content (AvgIpc) is 2.75. The lowest BCUT2D eigenvalue weighted by atomic mass is 10.2. The summed E-state index contributed by atoms with van der Waals surface area (Å²) in [4.78, 5) is 26.4. The summed E-state index contributed by atoms with van der Waals surface area (Å²) in [5.74, 6) is 0.654. The van der Waals surface area contributed by atoms with Crippen LogP contribution in [0.5, 0.6) is 0 Å². The van der Waals surface area contributed by atoms with E-state index >= 15 is 0 Å². The van der Waals surface area contributed by atoms with Gasteiger partial charge in [0.1, 0.15) is 5.82 Å². The van der Waals surface area contributed by atoms with Crippen LogP contribution in [0.1, 0.15) is 25.1 Å². The van der Waals surface area contributed by atoms with Gasteiger partial charge in [0.2, 0.25) is 5.91 Å². The van der Waals surface area contributed by atoms with Gasteiger partial charge in [-0.15, -0.1) is 0 Å². The molecule has 1 aliphatic heterocycles. The van der Waals surface area contributed by atoms with E-state index in [1.807, 2.05) is 6.07 Å². The zero-order valence-corrected chi connectivity index (χ0v) is 15.0. The van der Waals surface area contributed by atoms with Crippen LogP contribution in [-0.4, -0.2) is 38.7 Å². The van der Waals surface area contributed by atoms with E-state index in [1.165, 1.54) is 4.68 Å². The summed E-state index contributed by atoms with van der Waals surface area (Å²) >= 11 is 6.04. The molecule has 0 atom stereocenters. The van der Waals surface area contributed by atoms with Crippen LogP contribution in [0.2, 0.25) is 5.02 Å². The lowest BCUT2D eigenvalue weighted by molar-refractivity contribution is -0.117. The van der Waals surface area contributed by atoms with Crippen LogP contribution in [0.25, 0.3) is 0 Å². The maximum atomic E-state index is 12.4. The summed E-state index contributed by atoms with van der Waals surface area (Å²) in [6.07, 6.45) is 4.03. The second kappa shape index (κ2) is 7.84. The fourth-order valence-corrected chi connectivity index (χ4v) is 3.18. The molecule has 0 fully saturated rings. The molecule has 1 aromatic carbocycles. The molecule has 1 amide bonds. The molecular weight excluding hydrogens is 342 g/mol. The Morgan fingerprint density at radius 2 is 2.12 bits per heavy atom. The quantitative estimate of drug-likeness (QED) is 0.881. The van der Waals surface area contributed by atoms with Gasteiger partial charge in [0.25, 0.3) is 0 Å². The number of aryl methyl sites for hydroxylation is 1. The zero-order chi connectivity index (χ0) is 17.8. The molecule has 2 aromatic rings. The third-order valence-electron chi connectivity index (χ3n) is 4.22. The van der Waals surface area contributed by atoms with Crippen LogP contribution in [0.3, 0.4) is 0 Å². The molecule has 0 radical (unpaired) electrons. The highest BCUT2D eigenvalue weighted by Crippen LogP contribution is 2.20. The number of likely N-dealkylation sites (N-methyl/N-ethyl adjacent to an activating group) is 1. The van der Waals surface area contributed by atoms with Gasteiger partial charge >= 0.3 is 5.69 Å². The van der Waals surface area contributed by atoms with Gasteiger partial charge in [-0.05, 0) is 32.0 Å². The molecule has 0 unspecified atom stereocenters. The van der Waals surface area contributed by atoms with Crippen LogP contribution < -0.4 is 11.0 Å². The molecule has 25 heavy (non-hydrogen) atoms. The molecule has 0 saturated carbocycles. The molecule has 0 spiro atoms. The van der Waals surface area contributed by atoms with Crippen molar-refractivity contribution in [3.63, 3.8) is 0 Å². The van der Waals surface area contributed by atoms with E-state index in [2.05, 4.69) is 10.4 Å². The number of nitrogens with one attached hydrogen (secondary N) is 1. The third kappa shape index (κ3) is 4.29. The summed E-state index contributed by atoms with van der Waals surface area (Å²) < 4.78 is 3.19. The van der Waals surface area contributed by atoms with Gasteiger partial charge in [0.15, 0.2) is 0 Å². The first kappa shape index (κ1) is 17.7. The van der Waals surface area contributed by atoms with Gasteiger partial charge in [-0.25, -0.2) is 4.79 Å². The van der Waals surface area contributed by atoms with Gasteiger partial charge in [-0.2, -0.15) is 9.78 Å². The number of anilines is 1. The highest BCUT2D eigenvalue weighted by atomic mass is 35.5. The number of para-hydroxylation sites is 1. The van der Waals surface area contributed by atoms with Crippen molar-refractivity contribution in [2.24, 2.45) is 0 Å². The number of hydrogen-bond donors (Lipinski definition) is 1. The number of amides is 1. The van der Waals surface area contributed by atoms with Crippen molar-refractivity contribution >= 4 is 23.2 Å². The van der Waals surface area contributed by atoms with Crippen LogP contribution in [0.15, 0.2) is 29.1 Å². The number of rotatable bonds is 5. The average molecular weight is 364 g/mol. The molecule has 0 bridgehead atoms. The van der Waals surface area contributed by atoms with E-state index in [1.54, 1.807) is 34.7 Å². The third-order valence-corrected chi connectivity index (χ3v) is 4.55. The number of fused-ring (bicyclic) bond motifs is 1. The molecule has 1 aromatic heterocycles. The van der Waals surface area contributed by atoms with E-state index in [4.69, 9.17) is 11.6 Å². The number of aromatic nitrogens is 3. The minimum Gasteiger partial charge on any atom is -0.324 e. The topological polar surface area (TPSA) is 72.2 Å². The van der Waals surface area contributed by atoms with Gasteiger partial charge in [-0.1, -0.05) is 30.2 Å². The van der Waals surface area contributed by atoms with Crippen molar-refractivity contribution in [2.75, 3.05) is 18.9 Å². The van der Waals surface area contributed by atoms with Gasteiger partial charge in [0.05, 0.1) is 23.9 Å². The summed E-state index contributed by atoms with van der Waals surface area (Å²) in [6, 6.07) is 7.08. The van der Waals surface area contributed by atoms with Crippen molar-refractivity contribution < 1.29 is 4.79 Å². The Labute approximate surface area is 151 Å². The number of carbonyl (C=O) groups excluding carboxylic acids is 1. The predicted octanol–water partition coefficient (Wildman–Crippen LogP) is 1.95.